The van der Waals surface area contributed by atoms with Crippen molar-refractivity contribution in [2.75, 3.05) is 0 Å². The van der Waals surface area contributed by atoms with Gasteiger partial charge < -0.3 is 4.18 Å². The van der Waals surface area contributed by atoms with Crippen LogP contribution in [0.25, 0.3) is 0 Å². The topological polar surface area (TPSA) is 89.1 Å². The van der Waals surface area contributed by atoms with E-state index < -0.39 is 10.1 Å². The van der Waals surface area contributed by atoms with Crippen LogP contribution in [0.1, 0.15) is 81.5 Å². The third-order valence-corrected chi connectivity index (χ3v) is 5.85. The first kappa shape index (κ1) is 21.2. The molecule has 0 unspecified atom stereocenters. The third-order valence-electron chi connectivity index (χ3n) is 4.49. The number of benzene rings is 1. The van der Waals surface area contributed by atoms with Crippen LogP contribution >= 0.6 is 0 Å². The smallest absolute Gasteiger partial charge is 0.341 e. The zero-order valence-electron chi connectivity index (χ0n) is 17.0. The Labute approximate surface area is 161 Å². The normalized spacial score (nSPS) is 12.2. The van der Waals surface area contributed by atoms with Gasteiger partial charge in [-0.1, -0.05) is 53.7 Å². The van der Waals surface area contributed by atoms with Gasteiger partial charge in [0.2, 0.25) is 0 Å². The van der Waals surface area contributed by atoms with Gasteiger partial charge in [-0.2, -0.15) is 8.42 Å². The highest BCUT2D eigenvalue weighted by molar-refractivity contribution is 7.87. The van der Waals surface area contributed by atoms with Gasteiger partial charge in [-0.3, -0.25) is 4.79 Å². The second-order valence-corrected chi connectivity index (χ2v) is 9.23. The van der Waals surface area contributed by atoms with Crippen molar-refractivity contribution in [3.8, 4) is 5.88 Å². The molecule has 0 aliphatic heterocycles. The lowest BCUT2D eigenvalue weighted by molar-refractivity contribution is 0.467. The lowest BCUT2D eigenvalue weighted by Crippen LogP contribution is -2.19. The van der Waals surface area contributed by atoms with Crippen molar-refractivity contribution in [3.63, 3.8) is 0 Å². The molecular formula is C20H28N2O4S. The van der Waals surface area contributed by atoms with Gasteiger partial charge in [-0.05, 0) is 41.4 Å². The Morgan fingerprint density at radius 3 is 1.85 bits per heavy atom. The molecule has 1 aromatic carbocycles. The largest absolute Gasteiger partial charge is 0.357 e. The average molecular weight is 393 g/mol. The molecule has 7 heteroatoms. The summed E-state index contributed by atoms with van der Waals surface area (Å²) in [6, 6.07) is 5.22. The number of rotatable bonds is 6. The minimum Gasteiger partial charge on any atom is -0.357 e. The SMILES string of the molecule is Cc1cc(OS(=O)(=O)c2c(C(C)C)cc(C(C)C)cc2C(C)C)n[nH]c1=O. The molecule has 0 aliphatic carbocycles. The Morgan fingerprint density at radius 1 is 0.926 bits per heavy atom. The number of hydrogen-bond acceptors (Lipinski definition) is 5. The molecule has 0 fully saturated rings. The van der Waals surface area contributed by atoms with Crippen molar-refractivity contribution in [1.29, 1.82) is 0 Å². The number of nitrogens with one attached hydrogen (secondary N) is 1. The molecule has 0 radical (unpaired) electrons. The minimum atomic E-state index is -4.12. The van der Waals surface area contributed by atoms with E-state index in [4.69, 9.17) is 4.18 Å². The highest BCUT2D eigenvalue weighted by Crippen LogP contribution is 2.36. The summed E-state index contributed by atoms with van der Waals surface area (Å²) in [6.45, 7) is 13.6. The zero-order valence-corrected chi connectivity index (χ0v) is 17.8. The molecular weight excluding hydrogens is 364 g/mol. The summed E-state index contributed by atoms with van der Waals surface area (Å²) in [4.78, 5) is 11.7. The maximum atomic E-state index is 13.2. The number of nitrogens with zero attached hydrogens (tertiary/aromatic N) is 1. The number of aryl methyl sites for hydroxylation is 1. The van der Waals surface area contributed by atoms with Crippen molar-refractivity contribution in [2.24, 2.45) is 0 Å². The molecule has 2 rings (SSSR count). The summed E-state index contributed by atoms with van der Waals surface area (Å²) in [5.41, 5.74) is 2.50. The Kier molecular flexibility index (Phi) is 6.14. The van der Waals surface area contributed by atoms with E-state index in [-0.39, 0.29) is 34.1 Å². The summed E-state index contributed by atoms with van der Waals surface area (Å²) in [5.74, 6) is 0.130. The molecule has 0 saturated heterocycles. The molecule has 0 atom stereocenters. The van der Waals surface area contributed by atoms with Gasteiger partial charge in [0.25, 0.3) is 11.4 Å². The van der Waals surface area contributed by atoms with Crippen molar-refractivity contribution in [1.82, 2.24) is 10.2 Å². The van der Waals surface area contributed by atoms with Crippen molar-refractivity contribution in [2.45, 2.75) is 71.1 Å². The van der Waals surface area contributed by atoms with E-state index in [1.54, 1.807) is 6.92 Å². The van der Waals surface area contributed by atoms with Gasteiger partial charge in [0, 0.05) is 11.6 Å². The van der Waals surface area contributed by atoms with Gasteiger partial charge in [-0.15, -0.1) is 5.10 Å². The summed E-state index contributed by atoms with van der Waals surface area (Å²) in [5, 5.41) is 5.95. The van der Waals surface area contributed by atoms with Crippen LogP contribution in [0.5, 0.6) is 5.88 Å². The second kappa shape index (κ2) is 7.84. The molecule has 0 saturated carbocycles. The van der Waals surface area contributed by atoms with E-state index in [1.807, 2.05) is 39.8 Å². The number of aromatic amines is 1. The number of hydrogen-bond donors (Lipinski definition) is 1. The van der Waals surface area contributed by atoms with Crippen LogP contribution in [0.3, 0.4) is 0 Å². The summed E-state index contributed by atoms with van der Waals surface area (Å²) in [7, 11) is -4.12. The van der Waals surface area contributed by atoms with Crippen LogP contribution in [0.15, 0.2) is 27.9 Å². The van der Waals surface area contributed by atoms with E-state index in [1.165, 1.54) is 6.07 Å². The lowest BCUT2D eigenvalue weighted by atomic mass is 9.89. The Bertz CT molecular complexity index is 960. The molecule has 6 nitrogen and oxygen atoms in total. The molecule has 0 spiro atoms. The van der Waals surface area contributed by atoms with Crippen LogP contribution in [-0.2, 0) is 10.1 Å². The fraction of sp³-hybridized carbons (Fsp3) is 0.500. The maximum absolute atomic E-state index is 13.2. The first-order chi connectivity index (χ1) is 12.4. The van der Waals surface area contributed by atoms with Crippen LogP contribution in [0, 0.1) is 6.92 Å². The quantitative estimate of drug-likeness (QED) is 0.744. The first-order valence-corrected chi connectivity index (χ1v) is 10.5. The van der Waals surface area contributed by atoms with Crippen LogP contribution in [-0.4, -0.2) is 18.6 Å². The van der Waals surface area contributed by atoms with E-state index >= 15 is 0 Å². The van der Waals surface area contributed by atoms with E-state index in [0.717, 1.165) is 16.7 Å². The molecule has 1 heterocycles. The van der Waals surface area contributed by atoms with Gasteiger partial charge in [0.15, 0.2) is 0 Å². The predicted octanol–water partition coefficient (Wildman–Crippen LogP) is 4.22. The molecule has 0 aliphatic rings. The summed E-state index contributed by atoms with van der Waals surface area (Å²) in [6.07, 6.45) is 0. The number of aromatic nitrogens is 2. The van der Waals surface area contributed by atoms with E-state index in [0.29, 0.717) is 5.56 Å². The minimum absolute atomic E-state index is 0.000138. The number of H-pyrrole nitrogens is 1. The van der Waals surface area contributed by atoms with Crippen LogP contribution in [0.2, 0.25) is 0 Å². The molecule has 27 heavy (non-hydrogen) atoms. The zero-order chi connectivity index (χ0) is 20.5. The van der Waals surface area contributed by atoms with Gasteiger partial charge in [0.1, 0.15) is 4.90 Å². The monoisotopic (exact) mass is 392 g/mol. The highest BCUT2D eigenvalue weighted by Gasteiger charge is 2.29. The van der Waals surface area contributed by atoms with Crippen molar-refractivity contribution < 1.29 is 12.6 Å². The summed E-state index contributed by atoms with van der Waals surface area (Å²) >= 11 is 0. The van der Waals surface area contributed by atoms with Crippen LogP contribution in [0.4, 0.5) is 0 Å². The van der Waals surface area contributed by atoms with Gasteiger partial charge >= 0.3 is 10.1 Å². The fourth-order valence-electron chi connectivity index (χ4n) is 2.85. The molecule has 1 N–H and O–H groups in total. The second-order valence-electron chi connectivity index (χ2n) is 7.75. The standard InChI is InChI=1S/C20H28N2O4S/c1-11(2)15-9-16(12(3)4)19(17(10-15)13(5)6)27(24,25)26-18-8-14(7)20(23)22-21-18/h8-13H,1-7H3,(H,22,23). The highest BCUT2D eigenvalue weighted by atomic mass is 32.2. The lowest BCUT2D eigenvalue weighted by Gasteiger charge is -2.22. The van der Waals surface area contributed by atoms with Gasteiger partial charge in [0.05, 0.1) is 0 Å². The predicted molar refractivity (Wildman–Crippen MR) is 106 cm³/mol. The first-order valence-electron chi connectivity index (χ1n) is 9.12. The molecule has 148 valence electrons. The van der Waals surface area contributed by atoms with Gasteiger partial charge in [-0.25, -0.2) is 5.10 Å². The maximum Gasteiger partial charge on any atom is 0.341 e. The molecule has 0 amide bonds. The van der Waals surface area contributed by atoms with Crippen molar-refractivity contribution in [3.05, 3.63) is 50.8 Å². The molecule has 1 aromatic heterocycles. The Morgan fingerprint density at radius 2 is 1.44 bits per heavy atom. The Balaban J connectivity index is 2.69. The van der Waals surface area contributed by atoms with Crippen LogP contribution < -0.4 is 9.74 Å². The van der Waals surface area contributed by atoms with E-state index in [9.17, 15) is 13.2 Å². The average Bonchev–Trinajstić information content (AvgIpc) is 2.56. The molecule has 2 aromatic rings. The fourth-order valence-corrected chi connectivity index (χ4v) is 4.41. The molecule has 0 bridgehead atoms. The summed E-state index contributed by atoms with van der Waals surface area (Å²) < 4.78 is 31.6. The third kappa shape index (κ3) is 4.58. The Hall–Kier alpha value is -2.15. The van der Waals surface area contributed by atoms with E-state index in [2.05, 4.69) is 24.0 Å². The van der Waals surface area contributed by atoms with Crippen molar-refractivity contribution >= 4 is 10.1 Å².